The standard InChI is InChI=1S/C15H18N2O2/c1-10(2)7-8-16-15(19)13-9-17-14(18)12-6-4-3-5-11(12)13/h3-6,9-10H,7-8H2,1-2H3,(H,16,19)(H,17,18). The first-order valence-corrected chi connectivity index (χ1v) is 6.48. The molecular formula is C15H18N2O2. The normalized spacial score (nSPS) is 10.9. The Balaban J connectivity index is 2.28. The van der Waals surface area contributed by atoms with Crippen molar-refractivity contribution in [1.29, 1.82) is 0 Å². The largest absolute Gasteiger partial charge is 0.352 e. The third kappa shape index (κ3) is 3.02. The third-order valence-corrected chi connectivity index (χ3v) is 3.06. The number of fused-ring (bicyclic) bond motifs is 1. The molecule has 0 saturated heterocycles. The second kappa shape index (κ2) is 5.69. The minimum atomic E-state index is -0.172. The van der Waals surface area contributed by atoms with Crippen molar-refractivity contribution >= 4 is 16.7 Å². The number of hydrogen-bond donors (Lipinski definition) is 2. The van der Waals surface area contributed by atoms with Crippen molar-refractivity contribution in [3.8, 4) is 0 Å². The SMILES string of the molecule is CC(C)CCNC(=O)c1c[nH]c(=O)c2ccccc12. The zero-order valence-electron chi connectivity index (χ0n) is 11.2. The lowest BCUT2D eigenvalue weighted by Gasteiger charge is -2.09. The third-order valence-electron chi connectivity index (χ3n) is 3.06. The summed E-state index contributed by atoms with van der Waals surface area (Å²) < 4.78 is 0. The Morgan fingerprint density at radius 1 is 1.26 bits per heavy atom. The summed E-state index contributed by atoms with van der Waals surface area (Å²) >= 11 is 0. The van der Waals surface area contributed by atoms with Crippen LogP contribution in [-0.2, 0) is 0 Å². The molecule has 4 heteroatoms. The summed E-state index contributed by atoms with van der Waals surface area (Å²) in [5, 5.41) is 4.11. The molecule has 2 rings (SSSR count). The molecule has 19 heavy (non-hydrogen) atoms. The van der Waals surface area contributed by atoms with E-state index >= 15 is 0 Å². The molecule has 0 bridgehead atoms. The number of hydrogen-bond acceptors (Lipinski definition) is 2. The van der Waals surface area contributed by atoms with E-state index in [1.54, 1.807) is 18.2 Å². The number of carbonyl (C=O) groups is 1. The minimum Gasteiger partial charge on any atom is -0.352 e. The summed E-state index contributed by atoms with van der Waals surface area (Å²) in [7, 11) is 0. The summed E-state index contributed by atoms with van der Waals surface area (Å²) in [6.45, 7) is 4.87. The zero-order valence-corrected chi connectivity index (χ0v) is 11.2. The number of amides is 1. The van der Waals surface area contributed by atoms with Crippen LogP contribution in [0.4, 0.5) is 0 Å². The van der Waals surface area contributed by atoms with E-state index in [-0.39, 0.29) is 11.5 Å². The molecule has 0 aliphatic carbocycles. The zero-order chi connectivity index (χ0) is 13.8. The van der Waals surface area contributed by atoms with Crippen LogP contribution in [-0.4, -0.2) is 17.4 Å². The van der Waals surface area contributed by atoms with Gasteiger partial charge in [-0.3, -0.25) is 9.59 Å². The number of pyridine rings is 1. The van der Waals surface area contributed by atoms with Crippen molar-refractivity contribution in [3.63, 3.8) is 0 Å². The molecule has 1 heterocycles. The van der Waals surface area contributed by atoms with Gasteiger partial charge in [-0.1, -0.05) is 32.0 Å². The van der Waals surface area contributed by atoms with Gasteiger partial charge < -0.3 is 10.3 Å². The molecule has 2 aromatic rings. The highest BCUT2D eigenvalue weighted by Crippen LogP contribution is 2.14. The lowest BCUT2D eigenvalue weighted by Crippen LogP contribution is -2.26. The predicted molar refractivity (Wildman–Crippen MR) is 76.4 cm³/mol. The van der Waals surface area contributed by atoms with Gasteiger partial charge in [0, 0.05) is 23.5 Å². The quantitative estimate of drug-likeness (QED) is 0.884. The first-order valence-electron chi connectivity index (χ1n) is 6.48. The van der Waals surface area contributed by atoms with Gasteiger partial charge in [-0.25, -0.2) is 0 Å². The molecule has 0 fully saturated rings. The van der Waals surface area contributed by atoms with E-state index in [2.05, 4.69) is 24.1 Å². The fourth-order valence-electron chi connectivity index (χ4n) is 1.97. The Morgan fingerprint density at radius 2 is 1.95 bits per heavy atom. The van der Waals surface area contributed by atoms with Crippen LogP contribution in [0.15, 0.2) is 35.3 Å². The van der Waals surface area contributed by atoms with Gasteiger partial charge in [0.25, 0.3) is 11.5 Å². The molecule has 1 aromatic heterocycles. The van der Waals surface area contributed by atoms with Gasteiger partial charge >= 0.3 is 0 Å². The van der Waals surface area contributed by atoms with Crippen LogP contribution in [0.25, 0.3) is 10.8 Å². The Labute approximate surface area is 111 Å². The maximum atomic E-state index is 12.1. The number of nitrogens with one attached hydrogen (secondary N) is 2. The highest BCUT2D eigenvalue weighted by molar-refractivity contribution is 6.06. The first kappa shape index (κ1) is 13.3. The van der Waals surface area contributed by atoms with E-state index in [1.807, 2.05) is 6.07 Å². The molecule has 0 atom stereocenters. The summed E-state index contributed by atoms with van der Waals surface area (Å²) in [5.74, 6) is 0.403. The second-order valence-electron chi connectivity index (χ2n) is 5.02. The van der Waals surface area contributed by atoms with Crippen LogP contribution in [0.2, 0.25) is 0 Å². The number of aromatic nitrogens is 1. The molecule has 4 nitrogen and oxygen atoms in total. The lowest BCUT2D eigenvalue weighted by atomic mass is 10.1. The number of carbonyl (C=O) groups excluding carboxylic acids is 1. The number of rotatable bonds is 4. The summed E-state index contributed by atoms with van der Waals surface area (Å²) in [4.78, 5) is 26.4. The molecule has 0 saturated carbocycles. The smallest absolute Gasteiger partial charge is 0.255 e. The highest BCUT2D eigenvalue weighted by Gasteiger charge is 2.11. The topological polar surface area (TPSA) is 62.0 Å². The Kier molecular flexibility index (Phi) is 4.00. The van der Waals surface area contributed by atoms with Gasteiger partial charge in [0.2, 0.25) is 0 Å². The van der Waals surface area contributed by atoms with Crippen molar-refractivity contribution in [2.75, 3.05) is 6.54 Å². The van der Waals surface area contributed by atoms with Crippen molar-refractivity contribution in [3.05, 3.63) is 46.4 Å². The first-order chi connectivity index (χ1) is 9.09. The molecule has 0 spiro atoms. The van der Waals surface area contributed by atoms with Gasteiger partial charge in [-0.15, -0.1) is 0 Å². The Hall–Kier alpha value is -2.10. The molecule has 100 valence electrons. The van der Waals surface area contributed by atoms with Crippen molar-refractivity contribution in [2.45, 2.75) is 20.3 Å². The van der Waals surface area contributed by atoms with Gasteiger partial charge in [0.1, 0.15) is 0 Å². The van der Waals surface area contributed by atoms with Crippen LogP contribution in [0.1, 0.15) is 30.6 Å². The molecule has 2 N–H and O–H groups in total. The monoisotopic (exact) mass is 258 g/mol. The van der Waals surface area contributed by atoms with Crippen molar-refractivity contribution in [2.24, 2.45) is 5.92 Å². The number of aromatic amines is 1. The van der Waals surface area contributed by atoms with E-state index in [4.69, 9.17) is 0 Å². The maximum absolute atomic E-state index is 12.1. The average Bonchev–Trinajstić information content (AvgIpc) is 2.39. The van der Waals surface area contributed by atoms with E-state index in [1.165, 1.54) is 6.20 Å². The van der Waals surface area contributed by atoms with Gasteiger partial charge in [0.05, 0.1) is 5.56 Å². The minimum absolute atomic E-state index is 0.145. The van der Waals surface area contributed by atoms with Crippen molar-refractivity contribution < 1.29 is 4.79 Å². The molecule has 0 radical (unpaired) electrons. The van der Waals surface area contributed by atoms with Gasteiger partial charge in [0.15, 0.2) is 0 Å². The summed E-state index contributed by atoms with van der Waals surface area (Å²) in [6.07, 6.45) is 2.42. The van der Waals surface area contributed by atoms with E-state index in [9.17, 15) is 9.59 Å². The molecule has 0 aliphatic rings. The summed E-state index contributed by atoms with van der Waals surface area (Å²) in [6, 6.07) is 7.13. The lowest BCUT2D eigenvalue weighted by molar-refractivity contribution is 0.0953. The van der Waals surface area contributed by atoms with E-state index in [0.29, 0.717) is 28.8 Å². The van der Waals surface area contributed by atoms with Crippen LogP contribution in [0, 0.1) is 5.92 Å². The summed E-state index contributed by atoms with van der Waals surface area (Å²) in [5.41, 5.74) is 0.341. The van der Waals surface area contributed by atoms with Gasteiger partial charge in [-0.05, 0) is 18.4 Å². The highest BCUT2D eigenvalue weighted by atomic mass is 16.1. The van der Waals surface area contributed by atoms with Crippen molar-refractivity contribution in [1.82, 2.24) is 10.3 Å². The molecule has 1 amide bonds. The molecule has 1 aromatic carbocycles. The number of H-pyrrole nitrogens is 1. The fourth-order valence-corrected chi connectivity index (χ4v) is 1.97. The average molecular weight is 258 g/mol. The Bertz CT molecular complexity index is 644. The Morgan fingerprint density at radius 3 is 2.63 bits per heavy atom. The predicted octanol–water partition coefficient (Wildman–Crippen LogP) is 2.30. The van der Waals surface area contributed by atoms with Crippen LogP contribution in [0.5, 0.6) is 0 Å². The fraction of sp³-hybridized carbons (Fsp3) is 0.333. The maximum Gasteiger partial charge on any atom is 0.255 e. The van der Waals surface area contributed by atoms with Crippen LogP contribution >= 0.6 is 0 Å². The second-order valence-corrected chi connectivity index (χ2v) is 5.02. The van der Waals surface area contributed by atoms with Crippen LogP contribution in [0.3, 0.4) is 0 Å². The van der Waals surface area contributed by atoms with Crippen LogP contribution < -0.4 is 10.9 Å². The van der Waals surface area contributed by atoms with E-state index < -0.39 is 0 Å². The van der Waals surface area contributed by atoms with E-state index in [0.717, 1.165) is 6.42 Å². The molecule has 0 aliphatic heterocycles. The number of benzene rings is 1. The molecular weight excluding hydrogens is 240 g/mol. The molecule has 0 unspecified atom stereocenters. The van der Waals surface area contributed by atoms with Gasteiger partial charge in [-0.2, -0.15) is 0 Å².